The fourth-order valence-corrected chi connectivity index (χ4v) is 3.45. The zero-order valence-corrected chi connectivity index (χ0v) is 15.8. The van der Waals surface area contributed by atoms with Crippen LogP contribution in [0.1, 0.15) is 34.2 Å². The van der Waals surface area contributed by atoms with Gasteiger partial charge in [-0.2, -0.15) is 0 Å². The van der Waals surface area contributed by atoms with E-state index in [1.165, 1.54) is 0 Å². The fourth-order valence-electron chi connectivity index (χ4n) is 2.70. The number of imidazole rings is 1. The molecule has 1 amide bonds. The van der Waals surface area contributed by atoms with E-state index in [1.54, 1.807) is 0 Å². The number of benzene rings is 1. The predicted molar refractivity (Wildman–Crippen MR) is 99.6 cm³/mol. The number of halogens is 2. The van der Waals surface area contributed by atoms with Crippen molar-refractivity contribution in [1.82, 2.24) is 14.7 Å². The summed E-state index contributed by atoms with van der Waals surface area (Å²) >= 11 is 9.64. The molecule has 24 heavy (non-hydrogen) atoms. The maximum Gasteiger partial charge on any atom is 0.270 e. The molecule has 0 spiro atoms. The maximum absolute atomic E-state index is 12.8. The molecular formula is C18H17BrClN3O. The predicted octanol–water partition coefficient (Wildman–Crippen LogP) is 4.55. The second-order valence-electron chi connectivity index (χ2n) is 5.57. The van der Waals surface area contributed by atoms with E-state index < -0.39 is 0 Å². The Kier molecular flexibility index (Phi) is 4.92. The molecule has 1 aromatic carbocycles. The third kappa shape index (κ3) is 3.19. The van der Waals surface area contributed by atoms with Crippen LogP contribution in [0.2, 0.25) is 5.02 Å². The van der Waals surface area contributed by atoms with E-state index in [-0.39, 0.29) is 5.91 Å². The molecule has 0 aliphatic carbocycles. The van der Waals surface area contributed by atoms with Crippen molar-refractivity contribution in [3.63, 3.8) is 0 Å². The normalized spacial score (nSPS) is 11.0. The average Bonchev–Trinajstić information content (AvgIpc) is 2.92. The Labute approximate surface area is 154 Å². The number of hydrogen-bond acceptors (Lipinski definition) is 2. The summed E-state index contributed by atoms with van der Waals surface area (Å²) in [5.74, 6) is -0.156. The first-order valence-electron chi connectivity index (χ1n) is 7.70. The number of carbonyl (C=O) groups excluding carboxylic acids is 1. The molecule has 0 aliphatic rings. The Morgan fingerprint density at radius 2 is 2.12 bits per heavy atom. The maximum atomic E-state index is 12.8. The van der Waals surface area contributed by atoms with Crippen molar-refractivity contribution in [1.29, 1.82) is 0 Å². The van der Waals surface area contributed by atoms with E-state index in [1.807, 2.05) is 54.8 Å². The molecule has 0 atom stereocenters. The second kappa shape index (κ2) is 6.95. The van der Waals surface area contributed by atoms with Gasteiger partial charge in [-0.15, -0.1) is 0 Å². The van der Waals surface area contributed by atoms with Gasteiger partial charge in [-0.3, -0.25) is 9.20 Å². The van der Waals surface area contributed by atoms with Gasteiger partial charge >= 0.3 is 0 Å². The number of nitrogens with one attached hydrogen (secondary N) is 1. The van der Waals surface area contributed by atoms with Crippen molar-refractivity contribution in [2.24, 2.45) is 0 Å². The Balaban J connectivity index is 1.96. The lowest BCUT2D eigenvalue weighted by atomic mass is 10.2. The summed E-state index contributed by atoms with van der Waals surface area (Å²) in [6, 6.07) is 9.48. The van der Waals surface area contributed by atoms with Crippen LogP contribution in [-0.4, -0.2) is 15.3 Å². The summed E-state index contributed by atoms with van der Waals surface area (Å²) in [6.07, 6.45) is 2.56. The van der Waals surface area contributed by atoms with Gasteiger partial charge in [-0.25, -0.2) is 4.98 Å². The zero-order valence-electron chi connectivity index (χ0n) is 13.4. The fraction of sp³-hybridized carbons (Fsp3) is 0.222. The molecular weight excluding hydrogens is 390 g/mol. The molecule has 2 heterocycles. The minimum absolute atomic E-state index is 0.156. The molecule has 4 nitrogen and oxygen atoms in total. The molecule has 0 radical (unpaired) electrons. The van der Waals surface area contributed by atoms with Crippen LogP contribution in [0, 0.1) is 6.92 Å². The lowest BCUT2D eigenvalue weighted by Gasteiger charge is -2.08. The van der Waals surface area contributed by atoms with Gasteiger partial charge in [0.2, 0.25) is 0 Å². The topological polar surface area (TPSA) is 46.4 Å². The van der Waals surface area contributed by atoms with E-state index in [9.17, 15) is 4.79 Å². The van der Waals surface area contributed by atoms with Crippen LogP contribution in [-0.2, 0) is 13.0 Å². The second-order valence-corrected chi connectivity index (χ2v) is 6.89. The Morgan fingerprint density at radius 3 is 2.83 bits per heavy atom. The number of nitrogens with zero attached hydrogens (tertiary/aromatic N) is 2. The molecule has 0 saturated carbocycles. The summed E-state index contributed by atoms with van der Waals surface area (Å²) in [4.78, 5) is 17.4. The number of pyridine rings is 1. The molecule has 3 aromatic rings. The van der Waals surface area contributed by atoms with Crippen LogP contribution in [0.5, 0.6) is 0 Å². The van der Waals surface area contributed by atoms with Gasteiger partial charge < -0.3 is 5.32 Å². The highest BCUT2D eigenvalue weighted by Gasteiger charge is 2.19. The van der Waals surface area contributed by atoms with Crippen LogP contribution in [0.3, 0.4) is 0 Å². The van der Waals surface area contributed by atoms with Crippen molar-refractivity contribution in [3.05, 3.63) is 68.5 Å². The van der Waals surface area contributed by atoms with E-state index in [0.717, 1.165) is 26.9 Å². The molecule has 3 rings (SSSR count). The van der Waals surface area contributed by atoms with Crippen molar-refractivity contribution < 1.29 is 4.79 Å². The standard InChI is InChI=1S/C18H17BrClN3O/c1-3-15-16(23-10-13(19)8-11(2)17(23)22-15)18(24)21-9-12-6-4-5-7-14(12)20/h4-8,10H,3,9H2,1-2H3,(H,21,24). The van der Waals surface area contributed by atoms with Gasteiger partial charge in [0.15, 0.2) is 0 Å². The van der Waals surface area contributed by atoms with Crippen molar-refractivity contribution in [2.45, 2.75) is 26.8 Å². The first-order chi connectivity index (χ1) is 11.5. The summed E-state index contributed by atoms with van der Waals surface area (Å²) in [5, 5.41) is 3.59. The minimum atomic E-state index is -0.156. The highest BCUT2D eigenvalue weighted by molar-refractivity contribution is 9.10. The largest absolute Gasteiger partial charge is 0.347 e. The first kappa shape index (κ1) is 17.0. The average molecular weight is 407 g/mol. The number of amides is 1. The number of aryl methyl sites for hydroxylation is 2. The summed E-state index contributed by atoms with van der Waals surface area (Å²) in [7, 11) is 0. The van der Waals surface area contributed by atoms with Crippen LogP contribution in [0.15, 0.2) is 41.0 Å². The summed E-state index contributed by atoms with van der Waals surface area (Å²) in [5.41, 5.74) is 4.07. The molecule has 0 bridgehead atoms. The Morgan fingerprint density at radius 1 is 1.38 bits per heavy atom. The SMILES string of the molecule is CCc1nc2c(C)cc(Br)cn2c1C(=O)NCc1ccccc1Cl. The van der Waals surface area contributed by atoms with E-state index >= 15 is 0 Å². The van der Waals surface area contributed by atoms with E-state index in [4.69, 9.17) is 11.6 Å². The van der Waals surface area contributed by atoms with E-state index in [2.05, 4.69) is 26.2 Å². The molecule has 0 saturated heterocycles. The van der Waals surface area contributed by atoms with E-state index in [0.29, 0.717) is 23.7 Å². The number of carbonyl (C=O) groups is 1. The van der Waals surface area contributed by atoms with Crippen LogP contribution >= 0.6 is 27.5 Å². The molecule has 2 aromatic heterocycles. The van der Waals surface area contributed by atoms with Crippen molar-refractivity contribution >= 4 is 39.1 Å². The van der Waals surface area contributed by atoms with Gasteiger partial charge in [-0.1, -0.05) is 36.7 Å². The highest BCUT2D eigenvalue weighted by atomic mass is 79.9. The lowest BCUT2D eigenvalue weighted by Crippen LogP contribution is -2.25. The lowest BCUT2D eigenvalue weighted by molar-refractivity contribution is 0.0944. The molecule has 124 valence electrons. The van der Waals surface area contributed by atoms with Crippen LogP contribution in [0.25, 0.3) is 5.65 Å². The molecule has 0 aliphatic heterocycles. The molecule has 0 unspecified atom stereocenters. The number of hydrogen-bond donors (Lipinski definition) is 1. The van der Waals surface area contributed by atoms with Gasteiger partial charge in [-0.05, 0) is 52.5 Å². The highest BCUT2D eigenvalue weighted by Crippen LogP contribution is 2.21. The first-order valence-corrected chi connectivity index (χ1v) is 8.87. The van der Waals surface area contributed by atoms with Crippen molar-refractivity contribution in [2.75, 3.05) is 0 Å². The smallest absolute Gasteiger partial charge is 0.270 e. The van der Waals surface area contributed by atoms with Gasteiger partial charge in [0.25, 0.3) is 5.91 Å². The number of rotatable bonds is 4. The summed E-state index contributed by atoms with van der Waals surface area (Å²) in [6.45, 7) is 4.36. The minimum Gasteiger partial charge on any atom is -0.347 e. The Hall–Kier alpha value is -1.85. The van der Waals surface area contributed by atoms with Gasteiger partial charge in [0.05, 0.1) is 5.69 Å². The number of fused-ring (bicyclic) bond motifs is 1. The third-order valence-electron chi connectivity index (χ3n) is 3.89. The zero-order chi connectivity index (χ0) is 17.3. The third-order valence-corrected chi connectivity index (χ3v) is 4.69. The Bertz CT molecular complexity index is 920. The molecule has 0 fully saturated rings. The van der Waals surface area contributed by atoms with Crippen molar-refractivity contribution in [3.8, 4) is 0 Å². The van der Waals surface area contributed by atoms with Crippen LogP contribution < -0.4 is 5.32 Å². The monoisotopic (exact) mass is 405 g/mol. The van der Waals surface area contributed by atoms with Gasteiger partial charge in [0.1, 0.15) is 11.3 Å². The number of aromatic nitrogens is 2. The van der Waals surface area contributed by atoms with Crippen LogP contribution in [0.4, 0.5) is 0 Å². The quantitative estimate of drug-likeness (QED) is 0.691. The molecule has 6 heteroatoms. The van der Waals surface area contributed by atoms with Gasteiger partial charge in [0, 0.05) is 22.2 Å². The molecule has 1 N–H and O–H groups in total. The summed E-state index contributed by atoms with van der Waals surface area (Å²) < 4.78 is 2.76.